The van der Waals surface area contributed by atoms with Gasteiger partial charge in [0.15, 0.2) is 0 Å². The quantitative estimate of drug-likeness (QED) is 0.873. The molecule has 1 aliphatic heterocycles. The summed E-state index contributed by atoms with van der Waals surface area (Å²) in [5.41, 5.74) is 2.89. The normalized spacial score (nSPS) is 17.8. The largest absolute Gasteiger partial charge is 0.497 e. The third-order valence-corrected chi connectivity index (χ3v) is 4.11. The Bertz CT molecular complexity index is 681. The minimum absolute atomic E-state index is 0.0653. The van der Waals surface area contributed by atoms with Crippen molar-refractivity contribution in [3.05, 3.63) is 65.2 Å². The minimum Gasteiger partial charge on any atom is -0.497 e. The van der Waals surface area contributed by atoms with E-state index in [2.05, 4.69) is 0 Å². The van der Waals surface area contributed by atoms with Crippen LogP contribution in [0, 0.1) is 6.92 Å². The van der Waals surface area contributed by atoms with Crippen molar-refractivity contribution >= 4 is 5.91 Å². The van der Waals surface area contributed by atoms with E-state index >= 15 is 0 Å². The fourth-order valence-electron chi connectivity index (χ4n) is 2.81. The van der Waals surface area contributed by atoms with Crippen LogP contribution >= 0.6 is 0 Å². The van der Waals surface area contributed by atoms with Gasteiger partial charge in [0, 0.05) is 12.1 Å². The molecule has 23 heavy (non-hydrogen) atoms. The lowest BCUT2D eigenvalue weighted by atomic mass is 10.1. The zero-order valence-corrected chi connectivity index (χ0v) is 13.5. The maximum absolute atomic E-state index is 12.7. The fraction of sp³-hybridized carbons (Fsp3) is 0.316. The van der Waals surface area contributed by atoms with E-state index in [0.717, 1.165) is 22.4 Å². The standard InChI is InChI=1S/C19H21NO3/c1-14-4-3-5-16(12-14)19(21)20-10-11-23-18(13-20)15-6-8-17(22-2)9-7-15/h3-9,12,18H,10-11,13H2,1-2H3. The van der Waals surface area contributed by atoms with Gasteiger partial charge in [-0.3, -0.25) is 4.79 Å². The van der Waals surface area contributed by atoms with E-state index < -0.39 is 0 Å². The zero-order chi connectivity index (χ0) is 16.2. The Morgan fingerprint density at radius 2 is 2.00 bits per heavy atom. The first kappa shape index (κ1) is 15.6. The maximum atomic E-state index is 12.7. The highest BCUT2D eigenvalue weighted by molar-refractivity contribution is 5.94. The Hall–Kier alpha value is -2.33. The number of benzene rings is 2. The van der Waals surface area contributed by atoms with Crippen molar-refractivity contribution in [1.29, 1.82) is 0 Å². The van der Waals surface area contributed by atoms with Crippen molar-refractivity contribution in [3.8, 4) is 5.75 Å². The third kappa shape index (κ3) is 3.54. The van der Waals surface area contributed by atoms with E-state index in [1.807, 2.05) is 60.4 Å². The Kier molecular flexibility index (Phi) is 4.63. The van der Waals surface area contributed by atoms with Crippen LogP contribution in [0.1, 0.15) is 27.6 Å². The monoisotopic (exact) mass is 311 g/mol. The Morgan fingerprint density at radius 3 is 2.70 bits per heavy atom. The van der Waals surface area contributed by atoms with E-state index in [1.54, 1.807) is 7.11 Å². The third-order valence-electron chi connectivity index (χ3n) is 4.11. The molecule has 1 heterocycles. The molecule has 1 atom stereocenters. The predicted molar refractivity (Wildman–Crippen MR) is 88.8 cm³/mol. The summed E-state index contributed by atoms with van der Waals surface area (Å²) in [6.07, 6.45) is -0.0941. The van der Waals surface area contributed by atoms with Gasteiger partial charge in [0.1, 0.15) is 11.9 Å². The van der Waals surface area contributed by atoms with Gasteiger partial charge in [-0.05, 0) is 36.8 Å². The van der Waals surface area contributed by atoms with Gasteiger partial charge >= 0.3 is 0 Å². The molecule has 3 rings (SSSR count). The summed E-state index contributed by atoms with van der Waals surface area (Å²) in [4.78, 5) is 14.5. The second-order valence-corrected chi connectivity index (χ2v) is 5.75. The van der Waals surface area contributed by atoms with Gasteiger partial charge in [-0.25, -0.2) is 0 Å². The molecule has 2 aromatic rings. The van der Waals surface area contributed by atoms with Gasteiger partial charge in [0.25, 0.3) is 5.91 Å². The van der Waals surface area contributed by atoms with Crippen LogP contribution in [-0.4, -0.2) is 37.6 Å². The summed E-state index contributed by atoms with van der Waals surface area (Å²) in [6, 6.07) is 15.5. The van der Waals surface area contributed by atoms with Crippen molar-refractivity contribution in [3.63, 3.8) is 0 Å². The van der Waals surface area contributed by atoms with Crippen molar-refractivity contribution < 1.29 is 14.3 Å². The van der Waals surface area contributed by atoms with Crippen LogP contribution < -0.4 is 4.74 Å². The van der Waals surface area contributed by atoms with Gasteiger partial charge in [-0.1, -0.05) is 29.8 Å². The summed E-state index contributed by atoms with van der Waals surface area (Å²) in [5, 5.41) is 0. The Labute approximate surface area is 136 Å². The number of carbonyl (C=O) groups is 1. The SMILES string of the molecule is COc1ccc(C2CN(C(=O)c3cccc(C)c3)CCO2)cc1. The number of amides is 1. The number of hydrogen-bond donors (Lipinski definition) is 0. The Morgan fingerprint density at radius 1 is 1.22 bits per heavy atom. The molecule has 0 aromatic heterocycles. The van der Waals surface area contributed by atoms with Crippen LogP contribution in [0.4, 0.5) is 0 Å². The molecule has 4 nitrogen and oxygen atoms in total. The van der Waals surface area contributed by atoms with Gasteiger partial charge in [0.05, 0.1) is 20.3 Å². The van der Waals surface area contributed by atoms with E-state index in [0.29, 0.717) is 19.7 Å². The molecule has 2 aromatic carbocycles. The zero-order valence-electron chi connectivity index (χ0n) is 13.5. The second kappa shape index (κ2) is 6.84. The molecule has 0 radical (unpaired) electrons. The number of hydrogen-bond acceptors (Lipinski definition) is 3. The van der Waals surface area contributed by atoms with Crippen LogP contribution in [-0.2, 0) is 4.74 Å². The molecule has 0 N–H and O–H groups in total. The number of morpholine rings is 1. The maximum Gasteiger partial charge on any atom is 0.254 e. The van der Waals surface area contributed by atoms with Gasteiger partial charge < -0.3 is 14.4 Å². The summed E-state index contributed by atoms with van der Waals surface area (Å²) in [5.74, 6) is 0.882. The molecule has 1 unspecified atom stereocenters. The van der Waals surface area contributed by atoms with Gasteiger partial charge in [-0.2, -0.15) is 0 Å². The lowest BCUT2D eigenvalue weighted by Gasteiger charge is -2.33. The van der Waals surface area contributed by atoms with E-state index in [9.17, 15) is 4.79 Å². The minimum atomic E-state index is -0.0941. The number of nitrogens with zero attached hydrogens (tertiary/aromatic N) is 1. The van der Waals surface area contributed by atoms with Crippen molar-refractivity contribution in [2.45, 2.75) is 13.0 Å². The lowest BCUT2D eigenvalue weighted by molar-refractivity contribution is -0.0228. The first-order valence-corrected chi connectivity index (χ1v) is 7.79. The number of carbonyl (C=O) groups excluding carboxylic acids is 1. The molecular weight excluding hydrogens is 290 g/mol. The molecule has 0 saturated carbocycles. The molecule has 1 fully saturated rings. The highest BCUT2D eigenvalue weighted by Gasteiger charge is 2.26. The molecule has 0 aliphatic carbocycles. The fourth-order valence-corrected chi connectivity index (χ4v) is 2.81. The van der Waals surface area contributed by atoms with Crippen LogP contribution in [0.2, 0.25) is 0 Å². The average molecular weight is 311 g/mol. The molecule has 1 aliphatic rings. The molecule has 0 bridgehead atoms. The van der Waals surface area contributed by atoms with E-state index in [-0.39, 0.29) is 12.0 Å². The van der Waals surface area contributed by atoms with E-state index in [1.165, 1.54) is 0 Å². The molecular formula is C19H21NO3. The van der Waals surface area contributed by atoms with Crippen LogP contribution in [0.25, 0.3) is 0 Å². The van der Waals surface area contributed by atoms with Crippen molar-refractivity contribution in [2.75, 3.05) is 26.8 Å². The number of methoxy groups -OCH3 is 1. The summed E-state index contributed by atoms with van der Waals surface area (Å²) in [7, 11) is 1.65. The second-order valence-electron chi connectivity index (χ2n) is 5.75. The van der Waals surface area contributed by atoms with Gasteiger partial charge in [0.2, 0.25) is 0 Å². The van der Waals surface area contributed by atoms with Crippen LogP contribution in [0.5, 0.6) is 5.75 Å². The highest BCUT2D eigenvalue weighted by Crippen LogP contribution is 2.25. The first-order chi connectivity index (χ1) is 11.2. The molecule has 1 amide bonds. The molecule has 4 heteroatoms. The summed E-state index contributed by atoms with van der Waals surface area (Å²) in [6.45, 7) is 3.74. The van der Waals surface area contributed by atoms with Gasteiger partial charge in [-0.15, -0.1) is 0 Å². The molecule has 120 valence electrons. The lowest BCUT2D eigenvalue weighted by Crippen LogP contribution is -2.42. The summed E-state index contributed by atoms with van der Waals surface area (Å²) < 4.78 is 11.0. The molecule has 1 saturated heterocycles. The first-order valence-electron chi connectivity index (χ1n) is 7.79. The predicted octanol–water partition coefficient (Wildman–Crippen LogP) is 3.22. The number of ether oxygens (including phenoxy) is 2. The highest BCUT2D eigenvalue weighted by atomic mass is 16.5. The Balaban J connectivity index is 1.73. The number of aryl methyl sites for hydroxylation is 1. The van der Waals surface area contributed by atoms with Crippen molar-refractivity contribution in [2.24, 2.45) is 0 Å². The topological polar surface area (TPSA) is 38.8 Å². The van der Waals surface area contributed by atoms with E-state index in [4.69, 9.17) is 9.47 Å². The van der Waals surface area contributed by atoms with Crippen LogP contribution in [0.3, 0.4) is 0 Å². The molecule has 0 spiro atoms. The summed E-state index contributed by atoms with van der Waals surface area (Å²) >= 11 is 0. The average Bonchev–Trinajstić information content (AvgIpc) is 2.61. The van der Waals surface area contributed by atoms with Crippen LogP contribution in [0.15, 0.2) is 48.5 Å². The van der Waals surface area contributed by atoms with Crippen molar-refractivity contribution in [1.82, 2.24) is 4.90 Å². The number of rotatable bonds is 3. The smallest absolute Gasteiger partial charge is 0.254 e.